The molecule has 0 unspecified atom stereocenters. The maximum absolute atomic E-state index is 12.4. The number of nitrogens with one attached hydrogen (secondary N) is 2. The van der Waals surface area contributed by atoms with Crippen molar-refractivity contribution in [3.63, 3.8) is 0 Å². The van der Waals surface area contributed by atoms with E-state index < -0.39 is 0 Å². The summed E-state index contributed by atoms with van der Waals surface area (Å²) >= 11 is 8.16. The van der Waals surface area contributed by atoms with E-state index in [1.54, 1.807) is 18.2 Å². The maximum atomic E-state index is 12.4. The van der Waals surface area contributed by atoms with E-state index in [9.17, 15) is 9.59 Å². The molecule has 0 atom stereocenters. The first kappa shape index (κ1) is 14.6. The molecule has 0 aliphatic rings. The van der Waals surface area contributed by atoms with Crippen molar-refractivity contribution in [2.75, 3.05) is 0 Å². The first-order chi connectivity index (χ1) is 10.5. The molecule has 110 valence electrons. The zero-order valence-electron chi connectivity index (χ0n) is 10.9. The molecule has 6 nitrogen and oxygen atoms in total. The highest BCUT2D eigenvalue weighted by atomic mass is 79.9. The van der Waals surface area contributed by atoms with Crippen LogP contribution in [0.25, 0.3) is 11.0 Å². The number of fused-ring (bicyclic) bond motifs is 1. The Bertz CT molecular complexity index is 1040. The van der Waals surface area contributed by atoms with Crippen LogP contribution >= 0.6 is 28.1 Å². The van der Waals surface area contributed by atoms with Crippen molar-refractivity contribution in [1.82, 2.24) is 9.97 Å². The van der Waals surface area contributed by atoms with Crippen LogP contribution in [0.4, 0.5) is 5.82 Å². The summed E-state index contributed by atoms with van der Waals surface area (Å²) in [4.78, 5) is 32.8. The standard InChI is InChI=1S/C14H8BrN3O3S/c15-8-1-2-10-9(3-8)13(20)7(6-21-10)5-16-11-4-12(19)18-14(22)17-11/h1-6H,(H2,17,18,19,22). The van der Waals surface area contributed by atoms with Crippen molar-refractivity contribution in [1.29, 1.82) is 0 Å². The van der Waals surface area contributed by atoms with E-state index in [4.69, 9.17) is 16.6 Å². The molecule has 0 bridgehead atoms. The fourth-order valence-electron chi connectivity index (χ4n) is 1.87. The molecule has 0 fully saturated rings. The van der Waals surface area contributed by atoms with Crippen molar-refractivity contribution < 1.29 is 4.42 Å². The SMILES string of the molecule is O=c1cc(N=Cc2coc3ccc(Br)cc3c2=O)[nH]c(=S)[nH]1. The largest absolute Gasteiger partial charge is 0.463 e. The number of aliphatic imine (C=N–C) groups is 1. The summed E-state index contributed by atoms with van der Waals surface area (Å²) in [6, 6.07) is 6.41. The third-order valence-corrected chi connectivity index (χ3v) is 3.55. The van der Waals surface area contributed by atoms with Gasteiger partial charge in [0.25, 0.3) is 5.56 Å². The highest BCUT2D eigenvalue weighted by Gasteiger charge is 2.06. The minimum atomic E-state index is -0.370. The Morgan fingerprint density at radius 2 is 2.05 bits per heavy atom. The number of benzene rings is 1. The quantitative estimate of drug-likeness (QED) is 0.530. The van der Waals surface area contributed by atoms with E-state index >= 15 is 0 Å². The summed E-state index contributed by atoms with van der Waals surface area (Å²) in [6.07, 6.45) is 2.65. The van der Waals surface area contributed by atoms with Crippen LogP contribution in [0.3, 0.4) is 0 Å². The van der Waals surface area contributed by atoms with Crippen molar-refractivity contribution in [2.24, 2.45) is 4.99 Å². The van der Waals surface area contributed by atoms with Crippen LogP contribution in [-0.2, 0) is 0 Å². The molecule has 22 heavy (non-hydrogen) atoms. The van der Waals surface area contributed by atoms with Crippen molar-refractivity contribution in [3.05, 3.63) is 65.9 Å². The van der Waals surface area contributed by atoms with Crippen molar-refractivity contribution >= 4 is 51.1 Å². The molecule has 0 aliphatic heterocycles. The fourth-order valence-corrected chi connectivity index (χ4v) is 2.44. The third-order valence-electron chi connectivity index (χ3n) is 2.85. The van der Waals surface area contributed by atoms with Gasteiger partial charge in [-0.05, 0) is 30.4 Å². The summed E-state index contributed by atoms with van der Waals surface area (Å²) in [5.41, 5.74) is 0.172. The Morgan fingerprint density at radius 3 is 2.82 bits per heavy atom. The summed E-state index contributed by atoms with van der Waals surface area (Å²) in [6.45, 7) is 0. The van der Waals surface area contributed by atoms with Gasteiger partial charge in [0.15, 0.2) is 4.77 Å². The van der Waals surface area contributed by atoms with Crippen LogP contribution < -0.4 is 11.0 Å². The normalized spacial score (nSPS) is 11.3. The molecule has 3 aromatic rings. The minimum absolute atomic E-state index is 0.161. The lowest BCUT2D eigenvalue weighted by atomic mass is 10.2. The van der Waals surface area contributed by atoms with Gasteiger partial charge in [-0.25, -0.2) is 4.99 Å². The number of aromatic amines is 2. The Morgan fingerprint density at radius 1 is 1.23 bits per heavy atom. The van der Waals surface area contributed by atoms with E-state index in [1.165, 1.54) is 18.5 Å². The Balaban J connectivity index is 2.09. The van der Waals surface area contributed by atoms with Gasteiger partial charge in [-0.3, -0.25) is 14.6 Å². The van der Waals surface area contributed by atoms with Gasteiger partial charge in [0.1, 0.15) is 17.7 Å². The van der Waals surface area contributed by atoms with E-state index in [0.29, 0.717) is 11.0 Å². The lowest BCUT2D eigenvalue weighted by Crippen LogP contribution is -2.08. The summed E-state index contributed by atoms with van der Waals surface area (Å²) in [5.74, 6) is 0.252. The highest BCUT2D eigenvalue weighted by Crippen LogP contribution is 2.17. The smallest absolute Gasteiger partial charge is 0.253 e. The van der Waals surface area contributed by atoms with Crippen molar-refractivity contribution in [3.8, 4) is 0 Å². The molecular formula is C14H8BrN3O3S. The topological polar surface area (TPSA) is 91.2 Å². The lowest BCUT2D eigenvalue weighted by Gasteiger charge is -1.99. The predicted molar refractivity (Wildman–Crippen MR) is 89.7 cm³/mol. The molecule has 2 aromatic heterocycles. The summed E-state index contributed by atoms with van der Waals surface area (Å²) < 4.78 is 6.34. The Labute approximate surface area is 136 Å². The molecule has 0 aliphatic carbocycles. The van der Waals surface area contributed by atoms with Gasteiger partial charge in [0.2, 0.25) is 5.43 Å². The van der Waals surface area contributed by atoms with Crippen LogP contribution in [0.1, 0.15) is 5.56 Å². The number of nitrogens with zero attached hydrogens (tertiary/aromatic N) is 1. The van der Waals surface area contributed by atoms with Crippen LogP contribution in [0.5, 0.6) is 0 Å². The number of halogens is 1. The molecule has 0 radical (unpaired) electrons. The predicted octanol–water partition coefficient (Wildman–Crippen LogP) is 3.05. The average Bonchev–Trinajstić information content (AvgIpc) is 2.46. The van der Waals surface area contributed by atoms with E-state index in [1.807, 2.05) is 0 Å². The summed E-state index contributed by atoms with van der Waals surface area (Å²) in [5, 5.41) is 0.442. The monoisotopic (exact) mass is 377 g/mol. The molecule has 1 aromatic carbocycles. The van der Waals surface area contributed by atoms with Gasteiger partial charge < -0.3 is 9.40 Å². The van der Waals surface area contributed by atoms with Crippen LogP contribution in [-0.4, -0.2) is 16.2 Å². The Hall–Kier alpha value is -2.32. The number of H-pyrrole nitrogens is 2. The van der Waals surface area contributed by atoms with Crippen LogP contribution in [0, 0.1) is 4.77 Å². The maximum Gasteiger partial charge on any atom is 0.253 e. The molecule has 3 rings (SSSR count). The van der Waals surface area contributed by atoms with Gasteiger partial charge in [0.05, 0.1) is 10.9 Å². The van der Waals surface area contributed by atoms with Gasteiger partial charge >= 0.3 is 0 Å². The number of rotatable bonds is 2. The van der Waals surface area contributed by atoms with Gasteiger partial charge in [-0.1, -0.05) is 15.9 Å². The molecule has 0 saturated heterocycles. The number of aromatic nitrogens is 2. The van der Waals surface area contributed by atoms with Crippen LogP contribution in [0.15, 0.2) is 54.0 Å². The number of hydrogen-bond donors (Lipinski definition) is 2. The van der Waals surface area contributed by atoms with E-state index in [0.717, 1.165) is 4.47 Å². The lowest BCUT2D eigenvalue weighted by molar-refractivity contribution is 0.601. The second-order valence-electron chi connectivity index (χ2n) is 4.39. The highest BCUT2D eigenvalue weighted by molar-refractivity contribution is 9.10. The first-order valence-corrected chi connectivity index (χ1v) is 7.32. The second kappa shape index (κ2) is 5.82. The molecule has 0 amide bonds. The van der Waals surface area contributed by atoms with Gasteiger partial charge in [-0.15, -0.1) is 0 Å². The van der Waals surface area contributed by atoms with Gasteiger partial charge in [0, 0.05) is 16.8 Å². The van der Waals surface area contributed by atoms with E-state index in [2.05, 4.69) is 30.9 Å². The first-order valence-electron chi connectivity index (χ1n) is 6.12. The third kappa shape index (κ3) is 2.97. The molecule has 8 heteroatoms. The average molecular weight is 378 g/mol. The Kier molecular flexibility index (Phi) is 3.86. The second-order valence-corrected chi connectivity index (χ2v) is 5.72. The minimum Gasteiger partial charge on any atom is -0.463 e. The molecule has 0 spiro atoms. The zero-order valence-corrected chi connectivity index (χ0v) is 13.3. The van der Waals surface area contributed by atoms with Crippen molar-refractivity contribution in [2.45, 2.75) is 0 Å². The van der Waals surface area contributed by atoms with Crippen LogP contribution in [0.2, 0.25) is 0 Å². The van der Waals surface area contributed by atoms with E-state index in [-0.39, 0.29) is 27.1 Å². The molecule has 2 N–H and O–H groups in total. The fraction of sp³-hybridized carbons (Fsp3) is 0. The number of hydrogen-bond acceptors (Lipinski definition) is 5. The molecular weight excluding hydrogens is 370 g/mol. The molecule has 0 saturated carbocycles. The molecule has 2 heterocycles. The summed E-state index contributed by atoms with van der Waals surface area (Å²) in [7, 11) is 0. The van der Waals surface area contributed by atoms with Gasteiger partial charge in [-0.2, -0.15) is 0 Å². The zero-order chi connectivity index (χ0) is 15.7.